The first-order chi connectivity index (χ1) is 14.6. The van der Waals surface area contributed by atoms with E-state index in [-0.39, 0.29) is 16.3 Å². The zero-order chi connectivity index (χ0) is 22.4. The summed E-state index contributed by atoms with van der Waals surface area (Å²) in [5.41, 5.74) is 10.7. The number of benzene rings is 2. The predicted octanol–water partition coefficient (Wildman–Crippen LogP) is 6.96. The molecule has 1 aromatic heterocycles. The molecule has 1 unspecified atom stereocenters. The van der Waals surface area contributed by atoms with E-state index in [1.54, 1.807) is 18.0 Å². The van der Waals surface area contributed by atoms with Gasteiger partial charge >= 0.3 is 0 Å². The molecule has 1 aliphatic heterocycles. The second-order valence-electron chi connectivity index (χ2n) is 9.99. The number of thioether (sulfide) groups is 1. The molecule has 0 aliphatic carbocycles. The van der Waals surface area contributed by atoms with Crippen LogP contribution in [0.5, 0.6) is 11.6 Å². The van der Waals surface area contributed by atoms with Crippen LogP contribution < -0.4 is 15.4 Å². The maximum absolute atomic E-state index is 6.59. The van der Waals surface area contributed by atoms with Gasteiger partial charge in [0, 0.05) is 16.7 Å². The van der Waals surface area contributed by atoms with Crippen LogP contribution >= 0.6 is 11.8 Å². The molecule has 0 spiro atoms. The highest BCUT2D eigenvalue weighted by atomic mass is 32.2. The van der Waals surface area contributed by atoms with Gasteiger partial charge in [0.15, 0.2) is 0 Å². The van der Waals surface area contributed by atoms with Crippen molar-refractivity contribution in [1.82, 2.24) is 4.98 Å². The van der Waals surface area contributed by atoms with Crippen LogP contribution in [0.3, 0.4) is 0 Å². The Balaban J connectivity index is 1.78. The molecule has 0 saturated carbocycles. The van der Waals surface area contributed by atoms with Crippen LogP contribution in [-0.2, 0) is 10.8 Å². The van der Waals surface area contributed by atoms with Crippen LogP contribution in [0, 0.1) is 0 Å². The molecule has 0 fully saturated rings. The molecular weight excluding hydrogens is 402 g/mol. The van der Waals surface area contributed by atoms with Gasteiger partial charge in [-0.1, -0.05) is 77.6 Å². The lowest BCUT2D eigenvalue weighted by Gasteiger charge is -2.28. The summed E-state index contributed by atoms with van der Waals surface area (Å²) in [5, 5.41) is 0. The number of hydrogen-bond acceptors (Lipinski definition) is 5. The highest BCUT2D eigenvalue weighted by Crippen LogP contribution is 2.49. The van der Waals surface area contributed by atoms with Crippen LogP contribution in [0.15, 0.2) is 65.7 Å². The Kier molecular flexibility index (Phi) is 5.52. The minimum absolute atomic E-state index is 0.0420. The van der Waals surface area contributed by atoms with Crippen molar-refractivity contribution in [3.63, 3.8) is 0 Å². The zero-order valence-corrected chi connectivity index (χ0v) is 20.0. The number of fused-ring (bicyclic) bond motifs is 1. The lowest BCUT2D eigenvalue weighted by atomic mass is 9.86. The Labute approximate surface area is 189 Å². The normalized spacial score (nSPS) is 16.4. The maximum Gasteiger partial charge on any atom is 0.243 e. The lowest BCUT2D eigenvalue weighted by molar-refractivity contribution is 0.440. The van der Waals surface area contributed by atoms with E-state index in [9.17, 15) is 0 Å². The number of para-hydroxylation sites is 1. The van der Waals surface area contributed by atoms with Gasteiger partial charge in [-0.2, -0.15) is 0 Å². The van der Waals surface area contributed by atoms with Gasteiger partial charge in [0.25, 0.3) is 0 Å². The fraction of sp³-hybridized carbons (Fsp3) is 0.346. The third-order valence-corrected chi connectivity index (χ3v) is 6.55. The van der Waals surface area contributed by atoms with E-state index in [0.717, 1.165) is 22.7 Å². The van der Waals surface area contributed by atoms with Crippen LogP contribution in [-0.4, -0.2) is 10.5 Å². The van der Waals surface area contributed by atoms with E-state index < -0.39 is 0 Å². The number of nitrogens with zero attached hydrogens (tertiary/aromatic N) is 2. The number of nitrogens with two attached hydrogens (primary N) is 1. The molecule has 1 atom stereocenters. The van der Waals surface area contributed by atoms with Crippen molar-refractivity contribution in [2.75, 3.05) is 4.90 Å². The predicted molar refractivity (Wildman–Crippen MR) is 131 cm³/mol. The molecule has 0 radical (unpaired) electrons. The van der Waals surface area contributed by atoms with Gasteiger partial charge in [-0.05, 0) is 46.7 Å². The fourth-order valence-electron chi connectivity index (χ4n) is 3.78. The number of anilines is 2. The molecule has 162 valence electrons. The summed E-state index contributed by atoms with van der Waals surface area (Å²) in [7, 11) is 0. The average molecular weight is 434 g/mol. The Bertz CT molecular complexity index is 1100. The van der Waals surface area contributed by atoms with E-state index in [2.05, 4.69) is 75.7 Å². The highest BCUT2D eigenvalue weighted by molar-refractivity contribution is 8.00. The molecular formula is C26H31N3OS. The number of rotatable bonds is 3. The Morgan fingerprint density at radius 3 is 2.35 bits per heavy atom. The standard InChI is InChI=1S/C26H31N3OS/c1-25(2,3)17-13-14-22-20(16-17)29(24(27)31-22)19-11-9-15-28-23(19)30-21-12-8-7-10-18(21)26(4,5)6/h7-16,24H,27H2,1-6H3. The first kappa shape index (κ1) is 21.7. The van der Waals surface area contributed by atoms with Crippen molar-refractivity contribution in [2.24, 2.45) is 5.73 Å². The Hall–Kier alpha value is -2.50. The van der Waals surface area contributed by atoms with Crippen molar-refractivity contribution in [3.8, 4) is 11.6 Å². The third kappa shape index (κ3) is 4.30. The molecule has 4 nitrogen and oxygen atoms in total. The molecule has 2 N–H and O–H groups in total. The Morgan fingerprint density at radius 1 is 0.903 bits per heavy atom. The smallest absolute Gasteiger partial charge is 0.243 e. The van der Waals surface area contributed by atoms with Crippen LogP contribution in [0.2, 0.25) is 0 Å². The van der Waals surface area contributed by atoms with Gasteiger partial charge in [0.2, 0.25) is 5.88 Å². The number of hydrogen-bond donors (Lipinski definition) is 1. The summed E-state index contributed by atoms with van der Waals surface area (Å²) in [4.78, 5) is 7.90. The molecule has 3 aromatic rings. The van der Waals surface area contributed by atoms with Gasteiger partial charge in [-0.15, -0.1) is 0 Å². The summed E-state index contributed by atoms with van der Waals surface area (Å²) in [6, 6.07) is 18.7. The lowest BCUT2D eigenvalue weighted by Crippen LogP contribution is -2.32. The number of ether oxygens (including phenoxy) is 1. The first-order valence-electron chi connectivity index (χ1n) is 10.6. The minimum atomic E-state index is -0.241. The molecule has 31 heavy (non-hydrogen) atoms. The third-order valence-electron chi connectivity index (χ3n) is 5.50. The monoisotopic (exact) mass is 433 g/mol. The number of pyridine rings is 1. The van der Waals surface area contributed by atoms with E-state index in [0.29, 0.717) is 5.88 Å². The molecule has 4 rings (SSSR count). The van der Waals surface area contributed by atoms with Crippen LogP contribution in [0.4, 0.5) is 11.4 Å². The van der Waals surface area contributed by atoms with Crippen molar-refractivity contribution in [2.45, 2.75) is 62.8 Å². The molecule has 0 bridgehead atoms. The summed E-state index contributed by atoms with van der Waals surface area (Å²) >= 11 is 1.66. The van der Waals surface area contributed by atoms with Gasteiger partial charge in [0.1, 0.15) is 16.9 Å². The van der Waals surface area contributed by atoms with Crippen molar-refractivity contribution < 1.29 is 4.74 Å². The van der Waals surface area contributed by atoms with Crippen LogP contribution in [0.25, 0.3) is 0 Å². The molecule has 0 amide bonds. The second kappa shape index (κ2) is 7.88. The number of aromatic nitrogens is 1. The van der Waals surface area contributed by atoms with Gasteiger partial charge in [-0.25, -0.2) is 4.98 Å². The summed E-state index contributed by atoms with van der Waals surface area (Å²) < 4.78 is 6.42. The molecule has 5 heteroatoms. The molecule has 1 aliphatic rings. The van der Waals surface area contributed by atoms with E-state index in [1.165, 1.54) is 10.5 Å². The van der Waals surface area contributed by atoms with Crippen LogP contribution in [0.1, 0.15) is 52.7 Å². The zero-order valence-electron chi connectivity index (χ0n) is 19.1. The molecule has 2 aromatic carbocycles. The molecule has 2 heterocycles. The van der Waals surface area contributed by atoms with Gasteiger partial charge in [-0.3, -0.25) is 0 Å². The summed E-state index contributed by atoms with van der Waals surface area (Å²) in [6.45, 7) is 13.2. The van der Waals surface area contributed by atoms with Gasteiger partial charge < -0.3 is 15.4 Å². The summed E-state index contributed by atoms with van der Waals surface area (Å²) in [6.07, 6.45) is 1.76. The quantitative estimate of drug-likeness (QED) is 0.484. The van der Waals surface area contributed by atoms with Gasteiger partial charge in [0.05, 0.1) is 5.69 Å². The highest BCUT2D eigenvalue weighted by Gasteiger charge is 2.32. The largest absolute Gasteiger partial charge is 0.437 e. The first-order valence-corrected chi connectivity index (χ1v) is 11.5. The fourth-order valence-corrected chi connectivity index (χ4v) is 4.80. The van der Waals surface area contributed by atoms with E-state index in [1.807, 2.05) is 30.3 Å². The average Bonchev–Trinajstić information content (AvgIpc) is 3.02. The second-order valence-corrected chi connectivity index (χ2v) is 11.1. The topological polar surface area (TPSA) is 51.4 Å². The van der Waals surface area contributed by atoms with Crippen molar-refractivity contribution in [1.29, 1.82) is 0 Å². The minimum Gasteiger partial charge on any atom is -0.437 e. The summed E-state index contributed by atoms with van der Waals surface area (Å²) in [5.74, 6) is 1.38. The molecule has 0 saturated heterocycles. The van der Waals surface area contributed by atoms with Crippen molar-refractivity contribution in [3.05, 3.63) is 71.9 Å². The van der Waals surface area contributed by atoms with Crippen molar-refractivity contribution >= 4 is 23.1 Å². The maximum atomic E-state index is 6.59. The SMILES string of the molecule is CC(C)(C)c1ccc2c(c1)N(c1cccnc1Oc1ccccc1C(C)(C)C)C(N)S2. The van der Waals surface area contributed by atoms with E-state index in [4.69, 9.17) is 10.5 Å². The van der Waals surface area contributed by atoms with E-state index >= 15 is 0 Å². The Morgan fingerprint density at radius 2 is 1.65 bits per heavy atom.